The second-order valence-corrected chi connectivity index (χ2v) is 11.2. The molecule has 0 aliphatic rings. The third-order valence-electron chi connectivity index (χ3n) is 5.26. The molecule has 180 valence electrons. The molecular formula is C26H29ClN2O4S. The third kappa shape index (κ3) is 6.52. The number of halogens is 1. The average Bonchev–Trinajstić information content (AvgIpc) is 2.76. The Kier molecular flexibility index (Phi) is 7.58. The summed E-state index contributed by atoms with van der Waals surface area (Å²) < 4.78 is 33.6. The highest BCUT2D eigenvalue weighted by Crippen LogP contribution is 2.25. The van der Waals surface area contributed by atoms with Crippen LogP contribution in [0.15, 0.2) is 71.6 Å². The molecule has 0 aliphatic heterocycles. The van der Waals surface area contributed by atoms with Crippen LogP contribution in [0.3, 0.4) is 0 Å². The molecule has 1 amide bonds. The summed E-state index contributed by atoms with van der Waals surface area (Å²) in [5, 5.41) is 3.22. The van der Waals surface area contributed by atoms with Crippen molar-refractivity contribution in [2.75, 3.05) is 10.0 Å². The van der Waals surface area contributed by atoms with E-state index in [2.05, 4.69) is 30.8 Å². The van der Waals surface area contributed by atoms with Crippen LogP contribution in [0.25, 0.3) is 0 Å². The molecule has 0 radical (unpaired) electrons. The maximum atomic E-state index is 12.7. The number of nitrogens with one attached hydrogen (secondary N) is 2. The summed E-state index contributed by atoms with van der Waals surface area (Å²) >= 11 is 6.07. The van der Waals surface area contributed by atoms with E-state index in [4.69, 9.17) is 16.3 Å². The molecule has 3 aromatic rings. The van der Waals surface area contributed by atoms with Crippen LogP contribution >= 0.6 is 11.6 Å². The fourth-order valence-electron chi connectivity index (χ4n) is 3.12. The number of hydrogen-bond donors (Lipinski definition) is 2. The Labute approximate surface area is 206 Å². The van der Waals surface area contributed by atoms with Crippen molar-refractivity contribution in [3.8, 4) is 5.75 Å². The number of benzene rings is 3. The Morgan fingerprint density at radius 2 is 1.53 bits per heavy atom. The van der Waals surface area contributed by atoms with Crippen LogP contribution in [-0.2, 0) is 20.2 Å². The van der Waals surface area contributed by atoms with Gasteiger partial charge in [0, 0.05) is 10.7 Å². The zero-order valence-corrected chi connectivity index (χ0v) is 21.4. The van der Waals surface area contributed by atoms with Crippen molar-refractivity contribution >= 4 is 38.9 Å². The van der Waals surface area contributed by atoms with Crippen molar-refractivity contribution in [2.24, 2.45) is 0 Å². The highest BCUT2D eigenvalue weighted by molar-refractivity contribution is 7.92. The van der Waals surface area contributed by atoms with Gasteiger partial charge in [0.15, 0.2) is 6.10 Å². The molecule has 0 saturated carbocycles. The molecule has 0 aromatic heterocycles. The number of sulfonamides is 1. The number of ether oxygens (including phenoxy) is 1. The van der Waals surface area contributed by atoms with Crippen LogP contribution in [-0.4, -0.2) is 20.4 Å². The van der Waals surface area contributed by atoms with Gasteiger partial charge >= 0.3 is 0 Å². The fraction of sp³-hybridized carbons (Fsp3) is 0.269. The first-order valence-electron chi connectivity index (χ1n) is 10.8. The first kappa shape index (κ1) is 25.6. The molecule has 2 N–H and O–H groups in total. The first-order chi connectivity index (χ1) is 15.8. The normalized spacial score (nSPS) is 12.6. The van der Waals surface area contributed by atoms with Crippen molar-refractivity contribution in [3.63, 3.8) is 0 Å². The predicted octanol–water partition coefficient (Wildman–Crippen LogP) is 6.15. The highest BCUT2D eigenvalue weighted by Gasteiger charge is 2.18. The molecule has 3 aromatic carbocycles. The van der Waals surface area contributed by atoms with Crippen LogP contribution in [0.4, 0.5) is 11.4 Å². The van der Waals surface area contributed by atoms with Gasteiger partial charge in [0.2, 0.25) is 0 Å². The lowest BCUT2D eigenvalue weighted by Gasteiger charge is -2.20. The maximum absolute atomic E-state index is 12.7. The van der Waals surface area contributed by atoms with Crippen LogP contribution < -0.4 is 14.8 Å². The largest absolute Gasteiger partial charge is 0.481 e. The van der Waals surface area contributed by atoms with E-state index < -0.39 is 16.1 Å². The number of carbonyl (C=O) groups excluding carboxylic acids is 1. The van der Waals surface area contributed by atoms with E-state index in [0.717, 1.165) is 5.56 Å². The quantitative estimate of drug-likeness (QED) is 0.407. The van der Waals surface area contributed by atoms with E-state index in [1.165, 1.54) is 29.8 Å². The summed E-state index contributed by atoms with van der Waals surface area (Å²) in [5.41, 5.74) is 2.89. The van der Waals surface area contributed by atoms with E-state index in [9.17, 15) is 13.2 Å². The van der Waals surface area contributed by atoms with Gasteiger partial charge in [0.1, 0.15) is 5.75 Å². The molecule has 0 unspecified atom stereocenters. The summed E-state index contributed by atoms with van der Waals surface area (Å²) in [6.45, 7) is 9.88. The van der Waals surface area contributed by atoms with Gasteiger partial charge in [-0.3, -0.25) is 9.52 Å². The molecule has 0 heterocycles. The van der Waals surface area contributed by atoms with Crippen molar-refractivity contribution < 1.29 is 17.9 Å². The molecule has 34 heavy (non-hydrogen) atoms. The lowest BCUT2D eigenvalue weighted by atomic mass is 9.87. The van der Waals surface area contributed by atoms with Gasteiger partial charge in [0.25, 0.3) is 15.9 Å². The van der Waals surface area contributed by atoms with Gasteiger partial charge in [-0.15, -0.1) is 0 Å². The molecule has 0 spiro atoms. The Balaban J connectivity index is 1.61. The maximum Gasteiger partial charge on any atom is 0.265 e. The van der Waals surface area contributed by atoms with E-state index >= 15 is 0 Å². The van der Waals surface area contributed by atoms with E-state index in [1.54, 1.807) is 25.1 Å². The molecule has 8 heteroatoms. The van der Waals surface area contributed by atoms with Crippen LogP contribution in [0, 0.1) is 6.92 Å². The number of rotatable bonds is 7. The summed E-state index contributed by atoms with van der Waals surface area (Å²) in [4.78, 5) is 12.6. The molecular weight excluding hydrogens is 472 g/mol. The van der Waals surface area contributed by atoms with Gasteiger partial charge in [-0.05, 0) is 78.9 Å². The zero-order chi connectivity index (χ0) is 25.1. The first-order valence-corrected chi connectivity index (χ1v) is 12.7. The topological polar surface area (TPSA) is 84.5 Å². The van der Waals surface area contributed by atoms with Crippen molar-refractivity contribution in [3.05, 3.63) is 82.9 Å². The second kappa shape index (κ2) is 10.1. The average molecular weight is 501 g/mol. The van der Waals surface area contributed by atoms with E-state index in [0.29, 0.717) is 22.1 Å². The Morgan fingerprint density at radius 3 is 2.09 bits per heavy atom. The smallest absolute Gasteiger partial charge is 0.265 e. The SMILES string of the molecule is Cc1ccc(NS(=O)(=O)c2ccc(NC(=O)[C@H](C)Oc3ccc(C(C)(C)C)cc3)cc2)cc1Cl. The van der Waals surface area contributed by atoms with Crippen molar-refractivity contribution in [2.45, 2.75) is 51.0 Å². The zero-order valence-electron chi connectivity index (χ0n) is 19.8. The molecule has 6 nitrogen and oxygen atoms in total. The number of amides is 1. The van der Waals surface area contributed by atoms with Gasteiger partial charge < -0.3 is 10.1 Å². The van der Waals surface area contributed by atoms with Crippen LogP contribution in [0.1, 0.15) is 38.8 Å². The van der Waals surface area contributed by atoms with Crippen LogP contribution in [0.2, 0.25) is 5.02 Å². The second-order valence-electron chi connectivity index (χ2n) is 9.12. The minimum absolute atomic E-state index is 0.0316. The Bertz CT molecular complexity index is 1270. The van der Waals surface area contributed by atoms with Gasteiger partial charge in [0.05, 0.1) is 10.6 Å². The molecule has 0 saturated heterocycles. The third-order valence-corrected chi connectivity index (χ3v) is 7.06. The summed E-state index contributed by atoms with van der Waals surface area (Å²) in [6.07, 6.45) is -0.739. The fourth-order valence-corrected chi connectivity index (χ4v) is 4.35. The van der Waals surface area contributed by atoms with Gasteiger partial charge in [-0.25, -0.2) is 8.42 Å². The number of anilines is 2. The molecule has 3 rings (SSSR count). The Hall–Kier alpha value is -3.03. The molecule has 1 atom stereocenters. The molecule has 0 fully saturated rings. The number of hydrogen-bond acceptors (Lipinski definition) is 4. The number of carbonyl (C=O) groups is 1. The van der Waals surface area contributed by atoms with Crippen molar-refractivity contribution in [1.29, 1.82) is 0 Å². The summed E-state index contributed by atoms with van der Waals surface area (Å²) in [6, 6.07) is 18.5. The minimum Gasteiger partial charge on any atom is -0.481 e. The van der Waals surface area contributed by atoms with Gasteiger partial charge in [-0.2, -0.15) is 0 Å². The molecule has 0 bridgehead atoms. The highest BCUT2D eigenvalue weighted by atomic mass is 35.5. The summed E-state index contributed by atoms with van der Waals surface area (Å²) in [5.74, 6) is 0.252. The van der Waals surface area contributed by atoms with Crippen LogP contribution in [0.5, 0.6) is 5.75 Å². The van der Waals surface area contributed by atoms with E-state index in [-0.39, 0.29) is 16.2 Å². The Morgan fingerprint density at radius 1 is 0.941 bits per heavy atom. The lowest BCUT2D eigenvalue weighted by Crippen LogP contribution is -2.30. The van der Waals surface area contributed by atoms with Gasteiger partial charge in [-0.1, -0.05) is 50.6 Å². The monoisotopic (exact) mass is 500 g/mol. The minimum atomic E-state index is -3.81. The van der Waals surface area contributed by atoms with Crippen molar-refractivity contribution in [1.82, 2.24) is 0 Å². The van der Waals surface area contributed by atoms with E-state index in [1.807, 2.05) is 31.2 Å². The summed E-state index contributed by atoms with van der Waals surface area (Å²) in [7, 11) is -3.81. The number of aryl methyl sites for hydroxylation is 1. The molecule has 0 aliphatic carbocycles. The predicted molar refractivity (Wildman–Crippen MR) is 137 cm³/mol. The standard InChI is InChI=1S/C26H29ClN2O4S/c1-17-6-9-21(16-24(17)27)29-34(31,32)23-14-10-20(11-15-23)28-25(30)18(2)33-22-12-7-19(8-13-22)26(3,4)5/h6-16,18,29H,1-5H3,(H,28,30)/t18-/m0/s1. The lowest BCUT2D eigenvalue weighted by molar-refractivity contribution is -0.122.